The highest BCUT2D eigenvalue weighted by atomic mass is 31.2. The summed E-state index contributed by atoms with van der Waals surface area (Å²) >= 11 is 0. The monoisotopic (exact) mass is 469 g/mol. The lowest BCUT2D eigenvalue weighted by Gasteiger charge is -2.18. The number of phenols is 1. The average molecular weight is 469 g/mol. The van der Waals surface area contributed by atoms with Crippen LogP contribution in [0.4, 0.5) is 5.69 Å². The van der Waals surface area contributed by atoms with E-state index >= 15 is 0 Å². The molecule has 0 bridgehead atoms. The van der Waals surface area contributed by atoms with Gasteiger partial charge in [-0.25, -0.2) is 5.09 Å². The molecule has 174 valence electrons. The molecule has 1 aliphatic rings. The van der Waals surface area contributed by atoms with Crippen LogP contribution in [-0.4, -0.2) is 43.0 Å². The molecule has 2 heterocycles. The molecule has 4 rings (SSSR count). The second-order valence-electron chi connectivity index (χ2n) is 7.96. The standard InChI is InChI=1S/C24H28N3O5P/c1-15-16(2)32-33(29,27-15)20(9-17-10-22(30-3)24(28)23(11-17)31-4)14-25-19-12-18-7-5-6-8-21(18)26-13-19/h5-13,15-16,25,28H,14H2,1-4H3,(H,27,29)/t15-,16-,33?/m0/s1. The maximum atomic E-state index is 13.8. The molecule has 0 amide bonds. The minimum atomic E-state index is -3.32. The first-order valence-electron chi connectivity index (χ1n) is 10.6. The molecule has 8 nitrogen and oxygen atoms in total. The highest BCUT2D eigenvalue weighted by molar-refractivity contribution is 7.62. The molecule has 3 atom stereocenters. The molecular weight excluding hydrogens is 441 g/mol. The number of anilines is 1. The first-order valence-corrected chi connectivity index (χ1v) is 12.3. The van der Waals surface area contributed by atoms with E-state index < -0.39 is 7.52 Å². The zero-order valence-electron chi connectivity index (χ0n) is 19.0. The second-order valence-corrected chi connectivity index (χ2v) is 10.1. The normalized spacial score (nSPS) is 23.0. The zero-order chi connectivity index (χ0) is 23.6. The molecule has 0 aliphatic carbocycles. The van der Waals surface area contributed by atoms with Crippen LogP contribution in [0.15, 0.2) is 54.0 Å². The summed E-state index contributed by atoms with van der Waals surface area (Å²) in [5.41, 5.74) is 2.36. The van der Waals surface area contributed by atoms with Crippen LogP contribution in [0.1, 0.15) is 19.4 Å². The zero-order valence-corrected chi connectivity index (χ0v) is 19.9. The first-order chi connectivity index (χ1) is 15.8. The minimum Gasteiger partial charge on any atom is -0.502 e. The lowest BCUT2D eigenvalue weighted by atomic mass is 10.1. The number of nitrogens with one attached hydrogen (secondary N) is 2. The van der Waals surface area contributed by atoms with Crippen molar-refractivity contribution in [3.05, 3.63) is 59.5 Å². The molecule has 1 aromatic heterocycles. The van der Waals surface area contributed by atoms with E-state index in [2.05, 4.69) is 15.4 Å². The molecule has 1 unspecified atom stereocenters. The molecule has 0 spiro atoms. The number of rotatable bonds is 7. The lowest BCUT2D eigenvalue weighted by Crippen LogP contribution is -2.23. The van der Waals surface area contributed by atoms with Crippen molar-refractivity contribution in [1.29, 1.82) is 0 Å². The van der Waals surface area contributed by atoms with Gasteiger partial charge >= 0.3 is 0 Å². The van der Waals surface area contributed by atoms with Crippen molar-refractivity contribution >= 4 is 30.2 Å². The minimum absolute atomic E-state index is 0.0644. The van der Waals surface area contributed by atoms with E-state index in [0.717, 1.165) is 16.6 Å². The Bertz CT molecular complexity index is 1210. The van der Waals surface area contributed by atoms with Crippen LogP contribution in [0, 0.1) is 0 Å². The van der Waals surface area contributed by atoms with E-state index in [4.69, 9.17) is 14.0 Å². The van der Waals surface area contributed by atoms with Crippen molar-refractivity contribution in [3.8, 4) is 17.2 Å². The molecule has 3 aromatic rings. The number of ether oxygens (including phenoxy) is 2. The van der Waals surface area contributed by atoms with Crippen molar-refractivity contribution in [2.24, 2.45) is 0 Å². The maximum Gasteiger partial charge on any atom is 0.298 e. The third-order valence-electron chi connectivity index (χ3n) is 5.67. The van der Waals surface area contributed by atoms with Crippen molar-refractivity contribution in [3.63, 3.8) is 0 Å². The number of hydrogen-bond donors (Lipinski definition) is 3. The number of pyridine rings is 1. The molecule has 1 aliphatic heterocycles. The Morgan fingerprint density at radius 1 is 1.21 bits per heavy atom. The third kappa shape index (κ3) is 4.83. The third-order valence-corrected chi connectivity index (χ3v) is 8.09. The summed E-state index contributed by atoms with van der Waals surface area (Å²) in [5, 5.41) is 18.2. The van der Waals surface area contributed by atoms with E-state index in [1.165, 1.54) is 14.2 Å². The Labute approximate surface area is 193 Å². The largest absolute Gasteiger partial charge is 0.502 e. The molecule has 1 saturated heterocycles. The molecule has 33 heavy (non-hydrogen) atoms. The fraction of sp³-hybridized carbons (Fsp3) is 0.292. The quantitative estimate of drug-likeness (QED) is 0.416. The van der Waals surface area contributed by atoms with Crippen molar-refractivity contribution in [1.82, 2.24) is 10.1 Å². The molecule has 2 aromatic carbocycles. The number of aromatic nitrogens is 1. The van der Waals surface area contributed by atoms with Crippen LogP contribution >= 0.6 is 7.52 Å². The summed E-state index contributed by atoms with van der Waals surface area (Å²) in [6.07, 6.45) is 3.31. The number of phenolic OH excluding ortho intramolecular Hbond substituents is 1. The highest BCUT2D eigenvalue weighted by Gasteiger charge is 2.40. The summed E-state index contributed by atoms with van der Waals surface area (Å²) in [6, 6.07) is 13.1. The molecule has 9 heteroatoms. The lowest BCUT2D eigenvalue weighted by molar-refractivity contribution is 0.240. The van der Waals surface area contributed by atoms with Crippen LogP contribution in [0.3, 0.4) is 0 Å². The Balaban J connectivity index is 1.70. The van der Waals surface area contributed by atoms with E-state index in [1.807, 2.05) is 44.2 Å². The van der Waals surface area contributed by atoms with Crippen LogP contribution in [0.5, 0.6) is 17.2 Å². The van der Waals surface area contributed by atoms with Gasteiger partial charge in [0.2, 0.25) is 5.75 Å². The fourth-order valence-corrected chi connectivity index (χ4v) is 6.03. The SMILES string of the molecule is COc1cc(C=C(CNc2cnc3ccccc3c2)P2(=O)N[C@@H](C)[C@H](C)O2)cc(OC)c1O. The highest BCUT2D eigenvalue weighted by Crippen LogP contribution is 2.57. The van der Waals surface area contributed by atoms with Gasteiger partial charge in [-0.3, -0.25) is 9.55 Å². The topological polar surface area (TPSA) is 102 Å². The van der Waals surface area contributed by atoms with Crippen molar-refractivity contribution in [2.45, 2.75) is 26.0 Å². The van der Waals surface area contributed by atoms with Crippen molar-refractivity contribution < 1.29 is 23.7 Å². The number of nitrogens with zero attached hydrogens (tertiary/aromatic N) is 1. The first kappa shape index (κ1) is 23.1. The summed E-state index contributed by atoms with van der Waals surface area (Å²) < 4.78 is 30.2. The van der Waals surface area contributed by atoms with Crippen LogP contribution in [0.2, 0.25) is 0 Å². The molecular formula is C24H28N3O5P. The second kappa shape index (κ2) is 9.43. The predicted molar refractivity (Wildman–Crippen MR) is 130 cm³/mol. The van der Waals surface area contributed by atoms with Gasteiger partial charge in [0.05, 0.1) is 37.7 Å². The van der Waals surface area contributed by atoms with Crippen LogP contribution in [0.25, 0.3) is 17.0 Å². The van der Waals surface area contributed by atoms with Crippen molar-refractivity contribution in [2.75, 3.05) is 26.1 Å². The number of fused-ring (bicyclic) bond motifs is 1. The van der Waals surface area contributed by atoms with E-state index in [1.54, 1.807) is 24.4 Å². The number of hydrogen-bond acceptors (Lipinski definition) is 7. The Hall–Kier alpha value is -3.06. The number of aromatic hydroxyl groups is 1. The predicted octanol–water partition coefficient (Wildman–Crippen LogP) is 5.00. The van der Waals surface area contributed by atoms with Gasteiger partial charge in [-0.1, -0.05) is 18.2 Å². The van der Waals surface area contributed by atoms with Gasteiger partial charge in [0, 0.05) is 23.3 Å². The van der Waals surface area contributed by atoms with Gasteiger partial charge in [0.25, 0.3) is 7.52 Å². The van der Waals surface area contributed by atoms with Gasteiger partial charge in [-0.05, 0) is 49.8 Å². The van der Waals surface area contributed by atoms with Crippen LogP contribution < -0.4 is 19.9 Å². The van der Waals surface area contributed by atoms with Gasteiger partial charge in [0.1, 0.15) is 0 Å². The Morgan fingerprint density at radius 2 is 1.91 bits per heavy atom. The average Bonchev–Trinajstić information content (AvgIpc) is 3.09. The van der Waals surface area contributed by atoms with Gasteiger partial charge < -0.3 is 24.4 Å². The molecule has 0 saturated carbocycles. The van der Waals surface area contributed by atoms with E-state index in [9.17, 15) is 9.67 Å². The van der Waals surface area contributed by atoms with Crippen LogP contribution in [-0.2, 0) is 9.09 Å². The molecule has 0 radical (unpaired) electrons. The number of methoxy groups -OCH3 is 2. The maximum absolute atomic E-state index is 13.8. The van der Waals surface area contributed by atoms with Gasteiger partial charge in [-0.2, -0.15) is 0 Å². The fourth-order valence-electron chi connectivity index (χ4n) is 3.67. The van der Waals surface area contributed by atoms with E-state index in [0.29, 0.717) is 10.9 Å². The number of benzene rings is 2. The van der Waals surface area contributed by atoms with E-state index in [-0.39, 0.29) is 35.9 Å². The molecule has 3 N–H and O–H groups in total. The molecule has 1 fully saturated rings. The van der Waals surface area contributed by atoms with Gasteiger partial charge in [0.15, 0.2) is 11.5 Å². The summed E-state index contributed by atoms with van der Waals surface area (Å²) in [6.45, 7) is 4.09. The number of para-hydroxylation sites is 1. The van der Waals surface area contributed by atoms with Gasteiger partial charge in [-0.15, -0.1) is 0 Å². The summed E-state index contributed by atoms with van der Waals surface area (Å²) in [5.74, 6) is 0.419. The summed E-state index contributed by atoms with van der Waals surface area (Å²) in [4.78, 5) is 4.48. The Morgan fingerprint density at radius 3 is 2.55 bits per heavy atom. The Kier molecular flexibility index (Phi) is 6.61. The summed E-state index contributed by atoms with van der Waals surface area (Å²) in [7, 11) is -0.393. The smallest absolute Gasteiger partial charge is 0.298 e.